The van der Waals surface area contributed by atoms with Crippen molar-refractivity contribution in [3.8, 4) is 11.4 Å². The first-order chi connectivity index (χ1) is 22.4. The molecule has 46 heavy (non-hydrogen) atoms. The van der Waals surface area contributed by atoms with E-state index in [4.69, 9.17) is 20.4 Å². The maximum Gasteiger partial charge on any atom is 0.271 e. The van der Waals surface area contributed by atoms with Crippen LogP contribution in [0.5, 0.6) is 0 Å². The van der Waals surface area contributed by atoms with Gasteiger partial charge in [0.05, 0.1) is 11.3 Å². The number of anilines is 4. The first-order valence-corrected chi connectivity index (χ1v) is 17.1. The van der Waals surface area contributed by atoms with E-state index in [9.17, 15) is 4.79 Å². The second-order valence-electron chi connectivity index (χ2n) is 14.0. The molecule has 12 nitrogen and oxygen atoms in total. The second kappa shape index (κ2) is 12.1. The predicted molar refractivity (Wildman–Crippen MR) is 179 cm³/mol. The molecule has 8 rings (SSSR count). The molecule has 5 N–H and O–H groups in total. The fourth-order valence-electron chi connectivity index (χ4n) is 7.64. The quantitative estimate of drug-likeness (QED) is 0.276. The summed E-state index contributed by atoms with van der Waals surface area (Å²) in [6, 6.07) is 9.31. The Kier molecular flexibility index (Phi) is 7.82. The van der Waals surface area contributed by atoms with Gasteiger partial charge in [-0.15, -0.1) is 0 Å². The molecule has 2 aromatic heterocycles. The third kappa shape index (κ3) is 6.17. The normalized spacial score (nSPS) is 23.8. The van der Waals surface area contributed by atoms with Gasteiger partial charge >= 0.3 is 0 Å². The molecule has 5 fully saturated rings. The zero-order valence-corrected chi connectivity index (χ0v) is 26.8. The molecule has 244 valence electrons. The van der Waals surface area contributed by atoms with Gasteiger partial charge in [0.15, 0.2) is 17.3 Å². The number of piperazine rings is 1. The summed E-state index contributed by atoms with van der Waals surface area (Å²) < 4.78 is 6.05. The van der Waals surface area contributed by atoms with Gasteiger partial charge in [-0.3, -0.25) is 14.8 Å². The van der Waals surface area contributed by atoms with Crippen molar-refractivity contribution in [1.29, 1.82) is 0 Å². The highest BCUT2D eigenvalue weighted by atomic mass is 16.5. The Morgan fingerprint density at radius 3 is 2.50 bits per heavy atom. The van der Waals surface area contributed by atoms with Gasteiger partial charge in [0.25, 0.3) is 5.91 Å². The largest absolute Gasteiger partial charge is 0.375 e. The molecule has 5 heterocycles. The minimum absolute atomic E-state index is 0.00649. The van der Waals surface area contributed by atoms with Gasteiger partial charge in [-0.2, -0.15) is 5.10 Å². The van der Waals surface area contributed by atoms with Gasteiger partial charge < -0.3 is 30.9 Å². The zero-order valence-electron chi connectivity index (χ0n) is 26.8. The van der Waals surface area contributed by atoms with Crippen molar-refractivity contribution in [1.82, 2.24) is 30.0 Å². The maximum absolute atomic E-state index is 12.7. The van der Waals surface area contributed by atoms with E-state index in [2.05, 4.69) is 60.8 Å². The van der Waals surface area contributed by atoms with Gasteiger partial charge in [-0.25, -0.2) is 9.97 Å². The van der Waals surface area contributed by atoms with Crippen molar-refractivity contribution in [3.05, 3.63) is 41.7 Å². The predicted octanol–water partition coefficient (Wildman–Crippen LogP) is 3.93. The number of nitrogens with two attached hydrogens (primary N) is 1. The van der Waals surface area contributed by atoms with E-state index >= 15 is 0 Å². The minimum Gasteiger partial charge on any atom is -0.375 e. The molecular formula is C34H46N10O2. The highest BCUT2D eigenvalue weighted by molar-refractivity contribution is 5.97. The van der Waals surface area contributed by atoms with Crippen LogP contribution in [0.25, 0.3) is 11.4 Å². The number of carbonyl (C=O) groups excluding carboxylic acids is 1. The number of rotatable bonds is 9. The van der Waals surface area contributed by atoms with Crippen LogP contribution in [0.1, 0.15) is 73.3 Å². The maximum atomic E-state index is 12.7. The highest BCUT2D eigenvalue weighted by Crippen LogP contribution is 2.48. The number of primary amides is 1. The van der Waals surface area contributed by atoms with Crippen LogP contribution in [0.15, 0.2) is 30.5 Å². The minimum atomic E-state index is -0.632. The molecule has 1 aromatic carbocycles. The Bertz CT molecular complexity index is 1550. The van der Waals surface area contributed by atoms with E-state index in [0.29, 0.717) is 35.0 Å². The zero-order chi connectivity index (χ0) is 31.3. The van der Waals surface area contributed by atoms with Crippen molar-refractivity contribution >= 4 is 28.9 Å². The summed E-state index contributed by atoms with van der Waals surface area (Å²) in [5.74, 6) is 0.889. The number of piperidine rings is 1. The summed E-state index contributed by atoms with van der Waals surface area (Å²) >= 11 is 0. The molecule has 2 aliphatic carbocycles. The van der Waals surface area contributed by atoms with Crippen LogP contribution in [0.3, 0.4) is 0 Å². The number of aromatic amines is 1. The molecule has 1 atom stereocenters. The van der Waals surface area contributed by atoms with Crippen LogP contribution in [0.2, 0.25) is 0 Å². The molecule has 3 aliphatic heterocycles. The van der Waals surface area contributed by atoms with E-state index in [-0.39, 0.29) is 17.3 Å². The van der Waals surface area contributed by atoms with E-state index in [1.807, 2.05) is 6.07 Å². The number of likely N-dealkylation sites (N-methyl/N-ethyl adjacent to an activating group) is 1. The SMILES string of the molecule is CN1CCN(C2CCN(c3ccc(Nc4nc(NC5CCOC6(CC6)C5)c(-c5ccn[nH]5)nc4C(N)=O)cc3C3CC3)CC2)CC1. The van der Waals surface area contributed by atoms with Gasteiger partial charge in [0.2, 0.25) is 0 Å². The highest BCUT2D eigenvalue weighted by Gasteiger charge is 2.48. The number of amides is 1. The van der Waals surface area contributed by atoms with Crippen molar-refractivity contribution in [2.24, 2.45) is 5.73 Å². The molecule has 0 radical (unpaired) electrons. The van der Waals surface area contributed by atoms with Crippen molar-refractivity contribution in [2.45, 2.75) is 75.0 Å². The lowest BCUT2D eigenvalue weighted by Crippen LogP contribution is -2.52. The number of aromatic nitrogens is 4. The number of hydrogen-bond acceptors (Lipinski definition) is 10. The molecule has 1 unspecified atom stereocenters. The Morgan fingerprint density at radius 1 is 1.00 bits per heavy atom. The van der Waals surface area contributed by atoms with E-state index in [1.54, 1.807) is 6.20 Å². The Morgan fingerprint density at radius 2 is 1.80 bits per heavy atom. The summed E-state index contributed by atoms with van der Waals surface area (Å²) in [6.45, 7) is 7.58. The van der Waals surface area contributed by atoms with Crippen molar-refractivity contribution < 1.29 is 9.53 Å². The molecule has 2 saturated carbocycles. The first kappa shape index (κ1) is 29.6. The Hall–Kier alpha value is -3.74. The number of hydrogen-bond donors (Lipinski definition) is 4. The van der Waals surface area contributed by atoms with E-state index < -0.39 is 5.91 Å². The van der Waals surface area contributed by atoms with Gasteiger partial charge in [-0.05, 0) is 94.2 Å². The fourth-order valence-corrected chi connectivity index (χ4v) is 7.64. The molecular weight excluding hydrogens is 580 g/mol. The second-order valence-corrected chi connectivity index (χ2v) is 14.0. The molecule has 1 spiro atoms. The lowest BCUT2D eigenvalue weighted by molar-refractivity contribution is -0.00884. The van der Waals surface area contributed by atoms with Crippen LogP contribution in [-0.4, -0.2) is 106 Å². The van der Waals surface area contributed by atoms with Gasteiger partial charge in [0.1, 0.15) is 5.69 Å². The number of nitrogens with one attached hydrogen (secondary N) is 3. The topological polar surface area (TPSA) is 141 Å². The first-order valence-electron chi connectivity index (χ1n) is 17.1. The van der Waals surface area contributed by atoms with Crippen molar-refractivity contribution in [2.75, 3.05) is 68.5 Å². The van der Waals surface area contributed by atoms with Crippen LogP contribution in [0.4, 0.5) is 23.0 Å². The molecule has 1 amide bonds. The molecule has 12 heteroatoms. The number of ether oxygens (including phenoxy) is 1. The van der Waals surface area contributed by atoms with Gasteiger partial charge in [-0.1, -0.05) is 0 Å². The molecule has 5 aliphatic rings. The summed E-state index contributed by atoms with van der Waals surface area (Å²) in [7, 11) is 2.22. The van der Waals surface area contributed by atoms with Crippen LogP contribution in [0, 0.1) is 0 Å². The van der Waals surface area contributed by atoms with Crippen LogP contribution in [-0.2, 0) is 4.74 Å². The summed E-state index contributed by atoms with van der Waals surface area (Å²) in [5.41, 5.74) is 10.8. The number of H-pyrrole nitrogens is 1. The average molecular weight is 627 g/mol. The number of benzene rings is 1. The third-order valence-corrected chi connectivity index (χ3v) is 10.7. The summed E-state index contributed by atoms with van der Waals surface area (Å²) in [5, 5.41) is 14.2. The molecule has 3 aromatic rings. The Balaban J connectivity index is 1.04. The van der Waals surface area contributed by atoms with Crippen LogP contribution < -0.4 is 21.3 Å². The number of nitrogens with zero attached hydrogens (tertiary/aromatic N) is 6. The smallest absolute Gasteiger partial charge is 0.271 e. The molecule has 0 bridgehead atoms. The third-order valence-electron chi connectivity index (χ3n) is 10.7. The van der Waals surface area contributed by atoms with Crippen LogP contribution >= 0.6 is 0 Å². The standard InChI is InChI=1S/C34H46N10O2/c1-42-15-17-43(18-16-42)25-7-13-44(14-8-25)28-5-4-23(20-26(28)22-2-3-22)37-33-30(31(35)45)39-29(27-6-12-36-41-27)32(40-33)38-24-9-19-46-34(21-24)10-11-34/h4-6,12,20,22,24-25H,2-3,7-11,13-19,21H2,1H3,(H2,35,45)(H,36,41)(H2,37,38,40). The average Bonchev–Trinajstić information content (AvgIpc) is 3.99. The van der Waals surface area contributed by atoms with E-state index in [1.165, 1.54) is 63.1 Å². The Labute approximate surface area is 270 Å². The fraction of sp³-hybridized carbons (Fsp3) is 0.588. The van der Waals surface area contributed by atoms with Crippen molar-refractivity contribution in [3.63, 3.8) is 0 Å². The van der Waals surface area contributed by atoms with Gasteiger partial charge in [0, 0.05) is 75.5 Å². The summed E-state index contributed by atoms with van der Waals surface area (Å²) in [6.07, 6.45) is 10.5. The summed E-state index contributed by atoms with van der Waals surface area (Å²) in [4.78, 5) is 30.2. The number of carbonyl (C=O) groups is 1. The molecule has 3 saturated heterocycles. The lowest BCUT2D eigenvalue weighted by atomic mass is 9.99. The lowest BCUT2D eigenvalue weighted by Gasteiger charge is -2.43. The monoisotopic (exact) mass is 626 g/mol. The van der Waals surface area contributed by atoms with E-state index in [0.717, 1.165) is 51.1 Å².